The minimum absolute atomic E-state index is 0.137. The minimum Gasteiger partial charge on any atom is -0.289 e. The summed E-state index contributed by atoms with van der Waals surface area (Å²) in [5.74, 6) is 0.713. The summed E-state index contributed by atoms with van der Waals surface area (Å²) in [4.78, 5) is 12.1. The van der Waals surface area contributed by atoms with Crippen LogP contribution in [0.3, 0.4) is 0 Å². The van der Waals surface area contributed by atoms with Gasteiger partial charge >= 0.3 is 0 Å². The van der Waals surface area contributed by atoms with E-state index >= 15 is 0 Å². The van der Waals surface area contributed by atoms with E-state index in [0.717, 1.165) is 5.69 Å². The van der Waals surface area contributed by atoms with Crippen LogP contribution in [0.1, 0.15) is 44.9 Å². The number of carbonyl (C=O) groups excluding carboxylic acids is 1. The molecule has 0 bridgehead atoms. The molecule has 1 aromatic rings. The third kappa shape index (κ3) is 4.58. The zero-order valence-corrected chi connectivity index (χ0v) is 11.8. The van der Waals surface area contributed by atoms with Gasteiger partial charge in [-0.15, -0.1) is 0 Å². The monoisotopic (exact) mass is 260 g/mol. The zero-order chi connectivity index (χ0) is 13.5. The molecule has 3 heteroatoms. The fourth-order valence-electron chi connectivity index (χ4n) is 2.78. The molecule has 0 unspecified atom stereocenters. The van der Waals surface area contributed by atoms with Crippen LogP contribution in [0, 0.1) is 5.92 Å². The summed E-state index contributed by atoms with van der Waals surface area (Å²) in [5.41, 5.74) is 3.97. The van der Waals surface area contributed by atoms with Gasteiger partial charge in [0.05, 0.1) is 5.69 Å². The van der Waals surface area contributed by atoms with Crippen molar-refractivity contribution in [2.75, 3.05) is 12.1 Å². The van der Waals surface area contributed by atoms with E-state index < -0.39 is 0 Å². The number of hydrazine groups is 1. The first-order valence-corrected chi connectivity index (χ1v) is 7.34. The SMILES string of the molecule is CN(NC(=O)CC1CCCCCC1)c1ccccc1. The summed E-state index contributed by atoms with van der Waals surface area (Å²) >= 11 is 0. The molecule has 2 rings (SSSR count). The molecule has 0 spiro atoms. The fourth-order valence-corrected chi connectivity index (χ4v) is 2.78. The lowest BCUT2D eigenvalue weighted by atomic mass is 9.96. The van der Waals surface area contributed by atoms with E-state index in [-0.39, 0.29) is 5.91 Å². The molecule has 0 aliphatic heterocycles. The van der Waals surface area contributed by atoms with Crippen LogP contribution in [0.4, 0.5) is 5.69 Å². The second kappa shape index (κ2) is 7.17. The summed E-state index contributed by atoms with van der Waals surface area (Å²) in [6, 6.07) is 9.91. The van der Waals surface area contributed by atoms with Gasteiger partial charge in [0, 0.05) is 13.5 Å². The lowest BCUT2D eigenvalue weighted by Crippen LogP contribution is -2.40. The highest BCUT2D eigenvalue weighted by atomic mass is 16.2. The number of hydrogen-bond acceptors (Lipinski definition) is 2. The highest BCUT2D eigenvalue weighted by molar-refractivity contribution is 5.78. The van der Waals surface area contributed by atoms with Crippen molar-refractivity contribution in [3.05, 3.63) is 30.3 Å². The molecule has 1 aromatic carbocycles. The number of carbonyl (C=O) groups is 1. The van der Waals surface area contributed by atoms with E-state index in [1.165, 1.54) is 38.5 Å². The van der Waals surface area contributed by atoms with Crippen molar-refractivity contribution in [1.29, 1.82) is 0 Å². The Morgan fingerprint density at radius 3 is 2.42 bits per heavy atom. The van der Waals surface area contributed by atoms with Crippen molar-refractivity contribution < 1.29 is 4.79 Å². The standard InChI is InChI=1S/C16H24N2O/c1-18(15-11-7-4-8-12-15)17-16(19)13-14-9-5-2-3-6-10-14/h4,7-8,11-12,14H,2-3,5-6,9-10,13H2,1H3,(H,17,19). The number of hydrogen-bond donors (Lipinski definition) is 1. The second-order valence-electron chi connectivity index (χ2n) is 5.49. The Kier molecular flexibility index (Phi) is 5.25. The predicted octanol–water partition coefficient (Wildman–Crippen LogP) is 3.51. The van der Waals surface area contributed by atoms with Crippen LogP contribution in [0.2, 0.25) is 0 Å². The van der Waals surface area contributed by atoms with Crippen molar-refractivity contribution in [2.24, 2.45) is 5.92 Å². The van der Waals surface area contributed by atoms with Gasteiger partial charge in [-0.2, -0.15) is 0 Å². The first-order valence-electron chi connectivity index (χ1n) is 7.34. The molecule has 1 saturated carbocycles. The van der Waals surface area contributed by atoms with Crippen LogP contribution < -0.4 is 10.4 Å². The van der Waals surface area contributed by atoms with Crippen molar-refractivity contribution in [3.63, 3.8) is 0 Å². The van der Waals surface area contributed by atoms with Gasteiger partial charge in [-0.05, 0) is 30.9 Å². The Labute approximate surface area is 116 Å². The molecule has 1 N–H and O–H groups in total. The van der Waals surface area contributed by atoms with Crippen molar-refractivity contribution in [2.45, 2.75) is 44.9 Å². The largest absolute Gasteiger partial charge is 0.289 e. The molecule has 19 heavy (non-hydrogen) atoms. The molecule has 3 nitrogen and oxygen atoms in total. The van der Waals surface area contributed by atoms with Gasteiger partial charge in [-0.25, -0.2) is 0 Å². The predicted molar refractivity (Wildman–Crippen MR) is 78.8 cm³/mol. The van der Waals surface area contributed by atoms with Crippen LogP contribution in [0.5, 0.6) is 0 Å². The maximum atomic E-state index is 12.1. The van der Waals surface area contributed by atoms with Crippen molar-refractivity contribution >= 4 is 11.6 Å². The normalized spacial score (nSPS) is 16.7. The van der Waals surface area contributed by atoms with Gasteiger partial charge in [0.15, 0.2) is 0 Å². The molecule has 0 aromatic heterocycles. The summed E-state index contributed by atoms with van der Waals surface area (Å²) in [5, 5.41) is 1.80. The fraction of sp³-hybridized carbons (Fsp3) is 0.562. The molecule has 0 atom stereocenters. The van der Waals surface area contributed by atoms with Crippen LogP contribution >= 0.6 is 0 Å². The summed E-state index contributed by atoms with van der Waals surface area (Å²) in [7, 11) is 1.89. The van der Waals surface area contributed by atoms with Crippen LogP contribution in [-0.2, 0) is 4.79 Å². The van der Waals surface area contributed by atoms with Crippen LogP contribution in [0.25, 0.3) is 0 Å². The third-order valence-electron chi connectivity index (χ3n) is 3.88. The Bertz CT molecular complexity index is 383. The van der Waals surface area contributed by atoms with Gasteiger partial charge in [0.1, 0.15) is 0 Å². The van der Waals surface area contributed by atoms with Gasteiger partial charge in [0.2, 0.25) is 5.91 Å². The zero-order valence-electron chi connectivity index (χ0n) is 11.8. The summed E-state index contributed by atoms with van der Waals surface area (Å²) < 4.78 is 0. The van der Waals surface area contributed by atoms with Crippen LogP contribution in [0.15, 0.2) is 30.3 Å². The number of para-hydroxylation sites is 1. The number of nitrogens with one attached hydrogen (secondary N) is 1. The van der Waals surface area contributed by atoms with E-state index in [4.69, 9.17) is 0 Å². The molecule has 104 valence electrons. The first-order chi connectivity index (χ1) is 9.25. The summed E-state index contributed by atoms with van der Waals surface area (Å²) in [6.07, 6.45) is 8.32. The molecule has 1 fully saturated rings. The van der Waals surface area contributed by atoms with Gasteiger partial charge in [-0.3, -0.25) is 15.2 Å². The van der Waals surface area contributed by atoms with Gasteiger partial charge < -0.3 is 0 Å². The molecule has 1 amide bonds. The minimum atomic E-state index is 0.137. The smallest absolute Gasteiger partial charge is 0.238 e. The quantitative estimate of drug-likeness (QED) is 0.663. The first kappa shape index (κ1) is 13.9. The molecule has 1 aliphatic rings. The van der Waals surface area contributed by atoms with E-state index in [9.17, 15) is 4.79 Å². The van der Waals surface area contributed by atoms with E-state index in [2.05, 4.69) is 5.43 Å². The third-order valence-corrected chi connectivity index (χ3v) is 3.88. The van der Waals surface area contributed by atoms with Gasteiger partial charge in [-0.1, -0.05) is 43.9 Å². The summed E-state index contributed by atoms with van der Waals surface area (Å²) in [6.45, 7) is 0. The Morgan fingerprint density at radius 1 is 1.16 bits per heavy atom. The molecule has 0 heterocycles. The second-order valence-corrected chi connectivity index (χ2v) is 5.49. The molecular weight excluding hydrogens is 236 g/mol. The number of benzene rings is 1. The van der Waals surface area contributed by atoms with E-state index in [0.29, 0.717) is 12.3 Å². The van der Waals surface area contributed by atoms with E-state index in [1.807, 2.05) is 37.4 Å². The molecule has 0 radical (unpaired) electrons. The number of rotatable bonds is 4. The molecular formula is C16H24N2O. The van der Waals surface area contributed by atoms with Crippen molar-refractivity contribution in [1.82, 2.24) is 5.43 Å². The Balaban J connectivity index is 1.80. The maximum Gasteiger partial charge on any atom is 0.238 e. The highest BCUT2D eigenvalue weighted by Crippen LogP contribution is 2.25. The van der Waals surface area contributed by atoms with Gasteiger partial charge in [0.25, 0.3) is 0 Å². The lowest BCUT2D eigenvalue weighted by Gasteiger charge is -2.22. The average Bonchev–Trinajstić information content (AvgIpc) is 2.68. The highest BCUT2D eigenvalue weighted by Gasteiger charge is 2.16. The van der Waals surface area contributed by atoms with Crippen LogP contribution in [-0.4, -0.2) is 13.0 Å². The van der Waals surface area contributed by atoms with Crippen molar-refractivity contribution in [3.8, 4) is 0 Å². The number of anilines is 1. The average molecular weight is 260 g/mol. The number of amides is 1. The topological polar surface area (TPSA) is 32.3 Å². The Morgan fingerprint density at radius 2 is 1.79 bits per heavy atom. The lowest BCUT2D eigenvalue weighted by molar-refractivity contribution is -0.122. The maximum absolute atomic E-state index is 12.1. The van der Waals surface area contributed by atoms with E-state index in [1.54, 1.807) is 5.01 Å². The Hall–Kier alpha value is -1.51. The number of nitrogens with zero attached hydrogens (tertiary/aromatic N) is 1. The molecule has 0 saturated heterocycles. The molecule has 1 aliphatic carbocycles.